The number of aromatic nitrogens is 3. The normalized spacial score (nSPS) is 16.6. The van der Waals surface area contributed by atoms with Crippen molar-refractivity contribution in [2.24, 2.45) is 0 Å². The molecule has 0 saturated carbocycles. The van der Waals surface area contributed by atoms with E-state index in [4.69, 9.17) is 16.3 Å². The van der Waals surface area contributed by atoms with E-state index in [0.29, 0.717) is 19.0 Å². The van der Waals surface area contributed by atoms with E-state index in [-0.39, 0.29) is 12.1 Å². The number of amides is 1. The first-order valence-electron chi connectivity index (χ1n) is 8.25. The van der Waals surface area contributed by atoms with Gasteiger partial charge >= 0.3 is 6.09 Å². The van der Waals surface area contributed by atoms with Crippen LogP contribution in [0.2, 0.25) is 0 Å². The molecule has 1 fully saturated rings. The molecule has 0 aromatic carbocycles. The molecule has 2 aromatic heterocycles. The van der Waals surface area contributed by atoms with Gasteiger partial charge in [0.2, 0.25) is 0 Å². The molecule has 130 valence electrons. The van der Waals surface area contributed by atoms with Gasteiger partial charge in [-0.15, -0.1) is 11.6 Å². The fraction of sp³-hybridized carbons (Fsp3) is 0.588. The molecule has 0 unspecified atom stereocenters. The van der Waals surface area contributed by atoms with Gasteiger partial charge in [-0.2, -0.15) is 0 Å². The van der Waals surface area contributed by atoms with E-state index >= 15 is 0 Å². The molecule has 7 heteroatoms. The van der Waals surface area contributed by atoms with Crippen LogP contribution in [0.25, 0.3) is 11.2 Å². The van der Waals surface area contributed by atoms with Gasteiger partial charge in [-0.05, 0) is 45.7 Å². The Kier molecular flexibility index (Phi) is 4.67. The van der Waals surface area contributed by atoms with Crippen LogP contribution in [0.3, 0.4) is 0 Å². The zero-order chi connectivity index (χ0) is 17.3. The van der Waals surface area contributed by atoms with E-state index in [1.807, 2.05) is 32.9 Å². The lowest BCUT2D eigenvalue weighted by atomic mass is 10.0. The SMILES string of the molecule is CC(C)(C)OC(=O)N1CCC(n2c(CCl)nc3cccnc32)CC1. The largest absolute Gasteiger partial charge is 0.444 e. The minimum atomic E-state index is -0.468. The summed E-state index contributed by atoms with van der Waals surface area (Å²) in [6.07, 6.45) is 3.21. The van der Waals surface area contributed by atoms with Crippen molar-refractivity contribution in [1.82, 2.24) is 19.4 Å². The van der Waals surface area contributed by atoms with Crippen molar-refractivity contribution in [2.75, 3.05) is 13.1 Å². The van der Waals surface area contributed by atoms with Crippen LogP contribution in [0.4, 0.5) is 4.79 Å². The highest BCUT2D eigenvalue weighted by atomic mass is 35.5. The number of likely N-dealkylation sites (tertiary alicyclic amines) is 1. The second-order valence-corrected chi connectivity index (χ2v) is 7.34. The molecule has 0 atom stereocenters. The molecule has 3 heterocycles. The molecule has 24 heavy (non-hydrogen) atoms. The number of pyridine rings is 1. The third-order valence-corrected chi connectivity index (χ3v) is 4.36. The minimum absolute atomic E-state index is 0.243. The molecule has 0 spiro atoms. The van der Waals surface area contributed by atoms with Gasteiger partial charge < -0.3 is 14.2 Å². The molecule has 1 aliphatic rings. The quantitative estimate of drug-likeness (QED) is 0.774. The number of carbonyl (C=O) groups excluding carboxylic acids is 1. The molecule has 2 aromatic rings. The average Bonchev–Trinajstić information content (AvgIpc) is 2.92. The lowest BCUT2D eigenvalue weighted by Gasteiger charge is -2.34. The Morgan fingerprint density at radius 1 is 1.38 bits per heavy atom. The number of alkyl halides is 1. The average molecular weight is 351 g/mol. The Bertz CT molecular complexity index is 730. The number of piperidine rings is 1. The lowest BCUT2D eigenvalue weighted by molar-refractivity contribution is 0.0189. The third kappa shape index (κ3) is 3.48. The van der Waals surface area contributed by atoms with Gasteiger partial charge in [0, 0.05) is 25.3 Å². The molecular weight excluding hydrogens is 328 g/mol. The van der Waals surface area contributed by atoms with Gasteiger partial charge in [0.1, 0.15) is 16.9 Å². The Morgan fingerprint density at radius 2 is 2.08 bits per heavy atom. The first-order chi connectivity index (χ1) is 11.4. The maximum atomic E-state index is 12.2. The van der Waals surface area contributed by atoms with Crippen LogP contribution in [-0.4, -0.2) is 44.2 Å². The summed E-state index contributed by atoms with van der Waals surface area (Å²) >= 11 is 6.08. The molecule has 0 radical (unpaired) electrons. The maximum Gasteiger partial charge on any atom is 0.410 e. The van der Waals surface area contributed by atoms with E-state index < -0.39 is 5.60 Å². The number of rotatable bonds is 2. The Balaban J connectivity index is 1.74. The summed E-state index contributed by atoms with van der Waals surface area (Å²) in [5, 5.41) is 0. The molecule has 0 N–H and O–H groups in total. The van der Waals surface area contributed by atoms with Crippen LogP contribution < -0.4 is 0 Å². The van der Waals surface area contributed by atoms with Crippen LogP contribution in [0.1, 0.15) is 45.5 Å². The monoisotopic (exact) mass is 350 g/mol. The van der Waals surface area contributed by atoms with Gasteiger partial charge in [-0.25, -0.2) is 14.8 Å². The number of hydrogen-bond donors (Lipinski definition) is 0. The second kappa shape index (κ2) is 6.59. The Hall–Kier alpha value is -1.82. The van der Waals surface area contributed by atoms with Gasteiger partial charge in [-0.1, -0.05) is 0 Å². The molecular formula is C17H23ClN4O2. The zero-order valence-corrected chi connectivity index (χ0v) is 15.1. The summed E-state index contributed by atoms with van der Waals surface area (Å²) in [5.74, 6) is 1.18. The molecule has 1 amide bonds. The standard InChI is InChI=1S/C17H23ClN4O2/c1-17(2,3)24-16(23)21-9-6-12(7-10-21)22-14(11-18)20-13-5-4-8-19-15(13)22/h4-5,8,12H,6-7,9-11H2,1-3H3. The van der Waals surface area contributed by atoms with Crippen molar-refractivity contribution >= 4 is 28.9 Å². The van der Waals surface area contributed by atoms with Crippen molar-refractivity contribution in [1.29, 1.82) is 0 Å². The highest BCUT2D eigenvalue weighted by molar-refractivity contribution is 6.16. The summed E-state index contributed by atoms with van der Waals surface area (Å²) < 4.78 is 7.59. The first kappa shape index (κ1) is 17.0. The minimum Gasteiger partial charge on any atom is -0.444 e. The Labute approximate surface area is 146 Å². The molecule has 1 saturated heterocycles. The van der Waals surface area contributed by atoms with E-state index in [0.717, 1.165) is 29.8 Å². The molecule has 1 aliphatic heterocycles. The van der Waals surface area contributed by atoms with Gasteiger partial charge in [0.05, 0.1) is 5.88 Å². The highest BCUT2D eigenvalue weighted by Crippen LogP contribution is 2.29. The topological polar surface area (TPSA) is 60.2 Å². The van der Waals surface area contributed by atoms with Crippen LogP contribution in [0.15, 0.2) is 18.3 Å². The van der Waals surface area contributed by atoms with E-state index in [1.54, 1.807) is 11.1 Å². The van der Waals surface area contributed by atoms with E-state index in [1.165, 1.54) is 0 Å². The van der Waals surface area contributed by atoms with Crippen molar-refractivity contribution in [3.63, 3.8) is 0 Å². The lowest BCUT2D eigenvalue weighted by Crippen LogP contribution is -2.42. The summed E-state index contributed by atoms with van der Waals surface area (Å²) in [7, 11) is 0. The number of halogens is 1. The maximum absolute atomic E-state index is 12.2. The van der Waals surface area contributed by atoms with Crippen LogP contribution in [-0.2, 0) is 10.6 Å². The van der Waals surface area contributed by atoms with Crippen LogP contribution in [0.5, 0.6) is 0 Å². The van der Waals surface area contributed by atoms with Crippen molar-refractivity contribution in [3.8, 4) is 0 Å². The van der Waals surface area contributed by atoms with E-state index in [2.05, 4.69) is 14.5 Å². The van der Waals surface area contributed by atoms with Crippen molar-refractivity contribution in [2.45, 2.75) is 51.1 Å². The van der Waals surface area contributed by atoms with Gasteiger partial charge in [0.15, 0.2) is 5.65 Å². The highest BCUT2D eigenvalue weighted by Gasteiger charge is 2.29. The number of hydrogen-bond acceptors (Lipinski definition) is 4. The number of carbonyl (C=O) groups is 1. The molecule has 3 rings (SSSR count). The van der Waals surface area contributed by atoms with Crippen LogP contribution >= 0.6 is 11.6 Å². The summed E-state index contributed by atoms with van der Waals surface area (Å²) in [6.45, 7) is 6.97. The molecule has 0 bridgehead atoms. The summed E-state index contributed by atoms with van der Waals surface area (Å²) in [5.41, 5.74) is 1.26. The summed E-state index contributed by atoms with van der Waals surface area (Å²) in [6, 6.07) is 4.07. The van der Waals surface area contributed by atoms with Crippen LogP contribution in [0, 0.1) is 0 Å². The van der Waals surface area contributed by atoms with Crippen molar-refractivity contribution < 1.29 is 9.53 Å². The fourth-order valence-electron chi connectivity index (χ4n) is 3.09. The second-order valence-electron chi connectivity index (χ2n) is 7.08. The predicted molar refractivity (Wildman–Crippen MR) is 93.2 cm³/mol. The van der Waals surface area contributed by atoms with E-state index in [9.17, 15) is 4.79 Å². The summed E-state index contributed by atoms with van der Waals surface area (Å²) in [4.78, 5) is 23.0. The smallest absolute Gasteiger partial charge is 0.410 e. The number of nitrogens with zero attached hydrogens (tertiary/aromatic N) is 4. The number of fused-ring (bicyclic) bond motifs is 1. The van der Waals surface area contributed by atoms with Crippen molar-refractivity contribution in [3.05, 3.63) is 24.2 Å². The molecule has 0 aliphatic carbocycles. The zero-order valence-electron chi connectivity index (χ0n) is 14.3. The number of imidazole rings is 1. The van der Waals surface area contributed by atoms with Gasteiger partial charge in [0.25, 0.3) is 0 Å². The Morgan fingerprint density at radius 3 is 2.71 bits per heavy atom. The predicted octanol–water partition coefficient (Wildman–Crippen LogP) is 3.74. The first-order valence-corrected chi connectivity index (χ1v) is 8.78. The molecule has 6 nitrogen and oxygen atoms in total. The third-order valence-electron chi connectivity index (χ3n) is 4.12. The fourth-order valence-corrected chi connectivity index (χ4v) is 3.28. The van der Waals surface area contributed by atoms with Gasteiger partial charge in [-0.3, -0.25) is 0 Å². The number of ether oxygens (including phenoxy) is 1.